The van der Waals surface area contributed by atoms with Gasteiger partial charge in [0.05, 0.1) is 0 Å². The summed E-state index contributed by atoms with van der Waals surface area (Å²) in [5, 5.41) is 3.72. The van der Waals surface area contributed by atoms with Crippen LogP contribution in [0.3, 0.4) is 0 Å². The van der Waals surface area contributed by atoms with E-state index in [1.807, 2.05) is 0 Å². The van der Waals surface area contributed by atoms with Crippen LogP contribution in [0, 0.1) is 11.8 Å². The summed E-state index contributed by atoms with van der Waals surface area (Å²) in [4.78, 5) is 0. The number of hydrogen-bond donors (Lipinski definition) is 1. The van der Waals surface area contributed by atoms with Gasteiger partial charge in [0.1, 0.15) is 0 Å². The van der Waals surface area contributed by atoms with Crippen molar-refractivity contribution in [3.05, 3.63) is 0 Å². The zero-order valence-electron chi connectivity index (χ0n) is 13.0. The SMILES string of the molecule is CCCCCCC(C)NCCC1CCC(C)CC1. The van der Waals surface area contributed by atoms with Gasteiger partial charge in [-0.15, -0.1) is 0 Å². The Labute approximate surface area is 115 Å². The van der Waals surface area contributed by atoms with Crippen molar-refractivity contribution in [2.45, 2.75) is 91.0 Å². The van der Waals surface area contributed by atoms with Crippen LogP contribution in [-0.4, -0.2) is 12.6 Å². The average molecular weight is 253 g/mol. The van der Waals surface area contributed by atoms with E-state index in [0.29, 0.717) is 0 Å². The Hall–Kier alpha value is -0.0400. The second kappa shape index (κ2) is 9.83. The van der Waals surface area contributed by atoms with Crippen LogP contribution in [0.4, 0.5) is 0 Å². The molecule has 1 N–H and O–H groups in total. The molecule has 1 heteroatoms. The molecule has 1 fully saturated rings. The fourth-order valence-electron chi connectivity index (χ4n) is 3.13. The zero-order chi connectivity index (χ0) is 13.2. The third-order valence-electron chi connectivity index (χ3n) is 4.67. The van der Waals surface area contributed by atoms with Crippen LogP contribution in [0.1, 0.15) is 85.0 Å². The lowest BCUT2D eigenvalue weighted by Crippen LogP contribution is -2.28. The van der Waals surface area contributed by atoms with E-state index in [4.69, 9.17) is 0 Å². The first kappa shape index (κ1) is 16.0. The minimum Gasteiger partial charge on any atom is -0.314 e. The molecule has 18 heavy (non-hydrogen) atoms. The minimum absolute atomic E-state index is 0.726. The number of rotatable bonds is 9. The fraction of sp³-hybridized carbons (Fsp3) is 1.00. The van der Waals surface area contributed by atoms with E-state index in [0.717, 1.165) is 17.9 Å². The van der Waals surface area contributed by atoms with Crippen LogP contribution in [0.25, 0.3) is 0 Å². The molecule has 1 rings (SSSR count). The van der Waals surface area contributed by atoms with Gasteiger partial charge >= 0.3 is 0 Å². The highest BCUT2D eigenvalue weighted by Gasteiger charge is 2.17. The van der Waals surface area contributed by atoms with Gasteiger partial charge in [-0.3, -0.25) is 0 Å². The van der Waals surface area contributed by atoms with Crippen molar-refractivity contribution in [3.63, 3.8) is 0 Å². The van der Waals surface area contributed by atoms with Crippen molar-refractivity contribution in [1.82, 2.24) is 5.32 Å². The highest BCUT2D eigenvalue weighted by atomic mass is 14.9. The number of hydrogen-bond acceptors (Lipinski definition) is 1. The van der Waals surface area contributed by atoms with E-state index in [-0.39, 0.29) is 0 Å². The number of unbranched alkanes of at least 4 members (excludes halogenated alkanes) is 3. The molecule has 0 aliphatic heterocycles. The van der Waals surface area contributed by atoms with Crippen LogP contribution in [0.2, 0.25) is 0 Å². The maximum absolute atomic E-state index is 3.72. The molecule has 0 amide bonds. The van der Waals surface area contributed by atoms with E-state index in [1.54, 1.807) is 0 Å². The topological polar surface area (TPSA) is 12.0 Å². The average Bonchev–Trinajstić information content (AvgIpc) is 2.37. The van der Waals surface area contributed by atoms with Crippen LogP contribution in [0.5, 0.6) is 0 Å². The summed E-state index contributed by atoms with van der Waals surface area (Å²) < 4.78 is 0. The van der Waals surface area contributed by atoms with E-state index in [2.05, 4.69) is 26.1 Å². The summed E-state index contributed by atoms with van der Waals surface area (Å²) in [6.45, 7) is 8.29. The van der Waals surface area contributed by atoms with Crippen LogP contribution >= 0.6 is 0 Å². The van der Waals surface area contributed by atoms with Gasteiger partial charge in [0.25, 0.3) is 0 Å². The summed E-state index contributed by atoms with van der Waals surface area (Å²) in [7, 11) is 0. The smallest absolute Gasteiger partial charge is 0.00387 e. The molecule has 1 nitrogen and oxygen atoms in total. The predicted octanol–water partition coefficient (Wildman–Crippen LogP) is 5.15. The molecule has 0 saturated heterocycles. The lowest BCUT2D eigenvalue weighted by atomic mass is 9.81. The van der Waals surface area contributed by atoms with Gasteiger partial charge < -0.3 is 5.32 Å². The lowest BCUT2D eigenvalue weighted by Gasteiger charge is -2.26. The Balaban J connectivity index is 1.93. The molecule has 1 aliphatic carbocycles. The van der Waals surface area contributed by atoms with Crippen molar-refractivity contribution >= 4 is 0 Å². The molecule has 1 atom stereocenters. The van der Waals surface area contributed by atoms with E-state index in [9.17, 15) is 0 Å². The van der Waals surface area contributed by atoms with Crippen molar-refractivity contribution in [2.24, 2.45) is 11.8 Å². The summed E-state index contributed by atoms with van der Waals surface area (Å²) in [5.41, 5.74) is 0. The van der Waals surface area contributed by atoms with E-state index >= 15 is 0 Å². The Kier molecular flexibility index (Phi) is 8.75. The van der Waals surface area contributed by atoms with Gasteiger partial charge in [-0.1, -0.05) is 65.2 Å². The molecule has 0 radical (unpaired) electrons. The van der Waals surface area contributed by atoms with Crippen molar-refractivity contribution in [1.29, 1.82) is 0 Å². The lowest BCUT2D eigenvalue weighted by molar-refractivity contribution is 0.272. The maximum Gasteiger partial charge on any atom is 0.00387 e. The molecule has 0 spiro atoms. The Bertz CT molecular complexity index is 182. The third-order valence-corrected chi connectivity index (χ3v) is 4.67. The molecule has 0 aromatic rings. The van der Waals surface area contributed by atoms with Crippen LogP contribution in [-0.2, 0) is 0 Å². The molecule has 0 aromatic heterocycles. The molecule has 1 unspecified atom stereocenters. The molecule has 108 valence electrons. The Morgan fingerprint density at radius 3 is 2.44 bits per heavy atom. The van der Waals surface area contributed by atoms with Crippen molar-refractivity contribution in [3.8, 4) is 0 Å². The van der Waals surface area contributed by atoms with Gasteiger partial charge in [0, 0.05) is 6.04 Å². The second-order valence-electron chi connectivity index (χ2n) is 6.62. The van der Waals surface area contributed by atoms with Gasteiger partial charge in [-0.05, 0) is 38.1 Å². The molecule has 0 bridgehead atoms. The van der Waals surface area contributed by atoms with Crippen molar-refractivity contribution < 1.29 is 0 Å². The van der Waals surface area contributed by atoms with Crippen molar-refractivity contribution in [2.75, 3.05) is 6.54 Å². The molecular weight excluding hydrogens is 218 g/mol. The number of nitrogens with one attached hydrogen (secondary N) is 1. The van der Waals surface area contributed by atoms with Gasteiger partial charge in [0.2, 0.25) is 0 Å². The Morgan fingerprint density at radius 2 is 1.78 bits per heavy atom. The fourth-order valence-corrected chi connectivity index (χ4v) is 3.13. The van der Waals surface area contributed by atoms with Gasteiger partial charge in [-0.2, -0.15) is 0 Å². The highest BCUT2D eigenvalue weighted by Crippen LogP contribution is 2.29. The maximum atomic E-state index is 3.72. The molecule has 0 heterocycles. The standard InChI is InChI=1S/C17H35N/c1-4-5-6-7-8-16(3)18-14-13-17-11-9-15(2)10-12-17/h15-18H,4-14H2,1-3H3. The zero-order valence-corrected chi connectivity index (χ0v) is 13.0. The normalized spacial score (nSPS) is 26.2. The first-order chi connectivity index (χ1) is 8.72. The predicted molar refractivity (Wildman–Crippen MR) is 82.0 cm³/mol. The summed E-state index contributed by atoms with van der Waals surface area (Å²) >= 11 is 0. The molecule has 1 aliphatic rings. The summed E-state index contributed by atoms with van der Waals surface area (Å²) in [6, 6.07) is 0.726. The first-order valence-electron chi connectivity index (χ1n) is 8.45. The largest absolute Gasteiger partial charge is 0.314 e. The van der Waals surface area contributed by atoms with E-state index < -0.39 is 0 Å². The van der Waals surface area contributed by atoms with E-state index in [1.165, 1.54) is 70.8 Å². The quantitative estimate of drug-likeness (QED) is 0.560. The van der Waals surface area contributed by atoms with Crippen LogP contribution in [0.15, 0.2) is 0 Å². The summed E-state index contributed by atoms with van der Waals surface area (Å²) in [6.07, 6.45) is 14.3. The van der Waals surface area contributed by atoms with Gasteiger partial charge in [-0.25, -0.2) is 0 Å². The monoisotopic (exact) mass is 253 g/mol. The van der Waals surface area contributed by atoms with Crippen LogP contribution < -0.4 is 5.32 Å². The molecular formula is C17H35N. The second-order valence-corrected chi connectivity index (χ2v) is 6.62. The molecule has 0 aromatic carbocycles. The summed E-state index contributed by atoms with van der Waals surface area (Å²) in [5.74, 6) is 2.01. The highest BCUT2D eigenvalue weighted by molar-refractivity contribution is 4.71. The first-order valence-corrected chi connectivity index (χ1v) is 8.45. The van der Waals surface area contributed by atoms with Gasteiger partial charge in [0.15, 0.2) is 0 Å². The third kappa shape index (κ3) is 7.41. The Morgan fingerprint density at radius 1 is 1.06 bits per heavy atom. The molecule has 1 saturated carbocycles. The minimum atomic E-state index is 0.726.